The molecule has 2 amide bonds. The van der Waals surface area contributed by atoms with Crippen LogP contribution in [0.15, 0.2) is 24.3 Å². The molecule has 2 N–H and O–H groups in total. The van der Waals surface area contributed by atoms with Crippen molar-refractivity contribution in [3.8, 4) is 0 Å². The molecular weight excluding hydrogens is 260 g/mol. The monoisotopic (exact) mass is 276 g/mol. The number of rotatable bonds is 4. The minimum absolute atomic E-state index is 0.149. The first-order chi connectivity index (χ1) is 9.45. The highest BCUT2D eigenvalue weighted by Crippen LogP contribution is 2.18. The summed E-state index contributed by atoms with van der Waals surface area (Å²) in [6.45, 7) is 1.96. The molecule has 1 unspecified atom stereocenters. The molecule has 0 radical (unpaired) electrons. The number of piperazine rings is 1. The third-order valence-electron chi connectivity index (χ3n) is 3.21. The van der Waals surface area contributed by atoms with E-state index in [0.29, 0.717) is 6.42 Å². The van der Waals surface area contributed by atoms with Gasteiger partial charge in [-0.15, -0.1) is 0 Å². The zero-order chi connectivity index (χ0) is 14.7. The van der Waals surface area contributed by atoms with Gasteiger partial charge in [0.25, 0.3) is 0 Å². The van der Waals surface area contributed by atoms with Crippen molar-refractivity contribution < 1.29 is 19.5 Å². The Morgan fingerprint density at radius 1 is 1.25 bits per heavy atom. The van der Waals surface area contributed by atoms with Gasteiger partial charge in [-0.05, 0) is 24.1 Å². The van der Waals surface area contributed by atoms with E-state index in [1.54, 1.807) is 24.0 Å². The summed E-state index contributed by atoms with van der Waals surface area (Å²) in [5, 5.41) is 11.1. The fourth-order valence-corrected chi connectivity index (χ4v) is 2.10. The Hall–Kier alpha value is -2.37. The van der Waals surface area contributed by atoms with Crippen LogP contribution in [0.1, 0.15) is 12.5 Å². The Kier molecular flexibility index (Phi) is 4.02. The number of carbonyl (C=O) groups excluding carboxylic acids is 2. The van der Waals surface area contributed by atoms with E-state index < -0.39 is 11.9 Å². The Labute approximate surface area is 116 Å². The van der Waals surface area contributed by atoms with Crippen LogP contribution in [0.2, 0.25) is 0 Å². The molecule has 1 atom stereocenters. The highest BCUT2D eigenvalue weighted by atomic mass is 16.4. The first kappa shape index (κ1) is 14.0. The predicted molar refractivity (Wildman–Crippen MR) is 72.3 cm³/mol. The number of aliphatic carboxylic acids is 1. The quantitative estimate of drug-likeness (QED) is 0.778. The summed E-state index contributed by atoms with van der Waals surface area (Å²) >= 11 is 0. The number of carboxylic acid groups (broad SMARTS) is 1. The second-order valence-corrected chi connectivity index (χ2v) is 4.94. The Bertz CT molecular complexity index is 523. The molecule has 1 saturated heterocycles. The Balaban J connectivity index is 2.06. The maximum Gasteiger partial charge on any atom is 0.306 e. The predicted octanol–water partition coefficient (Wildman–Crippen LogP) is 0.413. The van der Waals surface area contributed by atoms with Crippen LogP contribution in [0.5, 0.6) is 0 Å². The molecule has 2 rings (SSSR count). The molecule has 1 aromatic carbocycles. The van der Waals surface area contributed by atoms with Gasteiger partial charge in [-0.3, -0.25) is 19.7 Å². The highest BCUT2D eigenvalue weighted by molar-refractivity contribution is 6.02. The molecule has 6 nitrogen and oxygen atoms in total. The molecule has 0 bridgehead atoms. The summed E-state index contributed by atoms with van der Waals surface area (Å²) in [6, 6.07) is 7.25. The number of benzene rings is 1. The van der Waals surface area contributed by atoms with Crippen LogP contribution in [0, 0.1) is 5.92 Å². The fraction of sp³-hybridized carbons (Fsp3) is 0.357. The molecule has 0 spiro atoms. The van der Waals surface area contributed by atoms with Crippen molar-refractivity contribution in [3.05, 3.63) is 29.8 Å². The third-order valence-corrected chi connectivity index (χ3v) is 3.21. The number of hydrogen-bond donors (Lipinski definition) is 2. The van der Waals surface area contributed by atoms with E-state index in [1.165, 1.54) is 0 Å². The Morgan fingerprint density at radius 3 is 2.30 bits per heavy atom. The molecule has 106 valence electrons. The molecule has 0 saturated carbocycles. The number of carboxylic acids is 1. The summed E-state index contributed by atoms with van der Waals surface area (Å²) in [4.78, 5) is 35.1. The van der Waals surface area contributed by atoms with E-state index in [0.717, 1.165) is 11.3 Å². The van der Waals surface area contributed by atoms with Gasteiger partial charge in [0.2, 0.25) is 11.8 Å². The molecule has 1 aliphatic rings. The molecule has 6 heteroatoms. The van der Waals surface area contributed by atoms with E-state index in [1.807, 2.05) is 12.1 Å². The van der Waals surface area contributed by atoms with E-state index in [4.69, 9.17) is 5.11 Å². The minimum Gasteiger partial charge on any atom is -0.481 e. The maximum absolute atomic E-state index is 11.3. The SMILES string of the molecule is CC(Cc1ccc(N2CC(=O)NC(=O)C2)cc1)C(=O)O. The van der Waals surface area contributed by atoms with Crippen LogP contribution in [-0.2, 0) is 20.8 Å². The first-order valence-corrected chi connectivity index (χ1v) is 6.35. The van der Waals surface area contributed by atoms with Crippen molar-refractivity contribution >= 4 is 23.5 Å². The van der Waals surface area contributed by atoms with Gasteiger partial charge in [-0.1, -0.05) is 19.1 Å². The van der Waals surface area contributed by atoms with Crippen molar-refractivity contribution in [2.24, 2.45) is 5.92 Å². The topological polar surface area (TPSA) is 86.7 Å². The number of anilines is 1. The van der Waals surface area contributed by atoms with Crippen LogP contribution < -0.4 is 10.2 Å². The number of amides is 2. The minimum atomic E-state index is -0.827. The van der Waals surface area contributed by atoms with Crippen molar-refractivity contribution in [3.63, 3.8) is 0 Å². The van der Waals surface area contributed by atoms with Gasteiger partial charge in [0.1, 0.15) is 0 Å². The van der Waals surface area contributed by atoms with Gasteiger partial charge in [0.05, 0.1) is 19.0 Å². The summed E-state index contributed by atoms with van der Waals surface area (Å²) in [5.74, 6) is -1.90. The van der Waals surface area contributed by atoms with Crippen molar-refractivity contribution in [1.82, 2.24) is 5.32 Å². The molecule has 1 aromatic rings. The standard InChI is InChI=1S/C14H16N2O4/c1-9(14(19)20)6-10-2-4-11(5-3-10)16-7-12(17)15-13(18)8-16/h2-5,9H,6-8H2,1H3,(H,19,20)(H,15,17,18). The average molecular weight is 276 g/mol. The van der Waals surface area contributed by atoms with Crippen LogP contribution in [0.25, 0.3) is 0 Å². The smallest absolute Gasteiger partial charge is 0.306 e. The lowest BCUT2D eigenvalue weighted by Gasteiger charge is -2.27. The highest BCUT2D eigenvalue weighted by Gasteiger charge is 2.22. The van der Waals surface area contributed by atoms with Gasteiger partial charge in [-0.25, -0.2) is 0 Å². The summed E-state index contributed by atoms with van der Waals surface area (Å²) in [7, 11) is 0. The zero-order valence-electron chi connectivity index (χ0n) is 11.1. The number of nitrogens with zero attached hydrogens (tertiary/aromatic N) is 1. The van der Waals surface area contributed by atoms with E-state index in [-0.39, 0.29) is 24.9 Å². The molecule has 1 heterocycles. The van der Waals surface area contributed by atoms with Crippen molar-refractivity contribution in [2.45, 2.75) is 13.3 Å². The normalized spacial score (nSPS) is 16.8. The Morgan fingerprint density at radius 2 is 1.80 bits per heavy atom. The second-order valence-electron chi connectivity index (χ2n) is 4.94. The first-order valence-electron chi connectivity index (χ1n) is 6.35. The lowest BCUT2D eigenvalue weighted by Crippen LogP contribution is -2.51. The molecular formula is C14H16N2O4. The molecule has 0 aliphatic carbocycles. The fourth-order valence-electron chi connectivity index (χ4n) is 2.10. The number of carbonyl (C=O) groups is 3. The van der Waals surface area contributed by atoms with E-state index >= 15 is 0 Å². The molecule has 1 aliphatic heterocycles. The van der Waals surface area contributed by atoms with E-state index in [2.05, 4.69) is 5.32 Å². The van der Waals surface area contributed by atoms with Crippen molar-refractivity contribution in [2.75, 3.05) is 18.0 Å². The maximum atomic E-state index is 11.3. The largest absolute Gasteiger partial charge is 0.481 e. The number of nitrogens with one attached hydrogen (secondary N) is 1. The second kappa shape index (κ2) is 5.73. The van der Waals surface area contributed by atoms with Gasteiger partial charge in [0, 0.05) is 5.69 Å². The number of hydrogen-bond acceptors (Lipinski definition) is 4. The lowest BCUT2D eigenvalue weighted by atomic mass is 10.0. The van der Waals surface area contributed by atoms with Gasteiger partial charge < -0.3 is 10.0 Å². The molecule has 20 heavy (non-hydrogen) atoms. The third kappa shape index (κ3) is 3.34. The van der Waals surface area contributed by atoms with Crippen LogP contribution in [0.3, 0.4) is 0 Å². The van der Waals surface area contributed by atoms with Gasteiger partial charge in [-0.2, -0.15) is 0 Å². The molecule has 0 aromatic heterocycles. The summed E-state index contributed by atoms with van der Waals surface area (Å²) in [6.07, 6.45) is 0.453. The summed E-state index contributed by atoms with van der Waals surface area (Å²) in [5.41, 5.74) is 1.69. The van der Waals surface area contributed by atoms with Gasteiger partial charge in [0.15, 0.2) is 0 Å². The zero-order valence-corrected chi connectivity index (χ0v) is 11.1. The van der Waals surface area contributed by atoms with Crippen LogP contribution in [0.4, 0.5) is 5.69 Å². The molecule has 1 fully saturated rings. The van der Waals surface area contributed by atoms with Crippen molar-refractivity contribution in [1.29, 1.82) is 0 Å². The van der Waals surface area contributed by atoms with E-state index in [9.17, 15) is 14.4 Å². The van der Waals surface area contributed by atoms with Crippen LogP contribution in [-0.4, -0.2) is 36.0 Å². The summed E-state index contributed by atoms with van der Waals surface area (Å²) < 4.78 is 0. The van der Waals surface area contributed by atoms with Crippen LogP contribution >= 0.6 is 0 Å². The lowest BCUT2D eigenvalue weighted by molar-refractivity contribution is -0.141. The number of imide groups is 1. The van der Waals surface area contributed by atoms with Gasteiger partial charge >= 0.3 is 5.97 Å². The average Bonchev–Trinajstić information content (AvgIpc) is 2.38.